The molecule has 0 bridgehead atoms. The van der Waals surface area contributed by atoms with Crippen molar-refractivity contribution in [1.29, 1.82) is 0 Å². The molecule has 4 rings (SSSR count). The van der Waals surface area contributed by atoms with Crippen LogP contribution in [0.15, 0.2) is 22.7 Å². The van der Waals surface area contributed by atoms with Crippen LogP contribution in [0, 0.1) is 10.8 Å². The Balaban J connectivity index is 1.49. The van der Waals surface area contributed by atoms with Gasteiger partial charge in [0.1, 0.15) is 23.7 Å². The Morgan fingerprint density at radius 1 is 1.05 bits per heavy atom. The van der Waals surface area contributed by atoms with E-state index in [2.05, 4.69) is 5.16 Å². The number of alkyl halides is 2. The van der Waals surface area contributed by atoms with Crippen molar-refractivity contribution in [3.8, 4) is 23.0 Å². The summed E-state index contributed by atoms with van der Waals surface area (Å²) >= 11 is 0. The van der Waals surface area contributed by atoms with Gasteiger partial charge >= 0.3 is 5.92 Å². The molecule has 222 valence electrons. The minimum Gasteiger partial charge on any atom is -0.493 e. The third-order valence-corrected chi connectivity index (χ3v) is 7.80. The highest BCUT2D eigenvalue weighted by molar-refractivity contribution is 5.85. The van der Waals surface area contributed by atoms with E-state index in [0.717, 1.165) is 4.90 Å². The summed E-state index contributed by atoms with van der Waals surface area (Å²) in [6.45, 7) is 7.56. The molecule has 1 saturated carbocycles. The van der Waals surface area contributed by atoms with E-state index in [1.165, 1.54) is 21.3 Å². The molecule has 0 spiro atoms. The number of benzene rings is 1. The zero-order chi connectivity index (χ0) is 29.5. The molecule has 11 heteroatoms. The van der Waals surface area contributed by atoms with Gasteiger partial charge in [-0.05, 0) is 42.9 Å². The Morgan fingerprint density at radius 2 is 1.65 bits per heavy atom. The smallest absolute Gasteiger partial charge is 0.352 e. The van der Waals surface area contributed by atoms with E-state index >= 15 is 8.78 Å². The van der Waals surface area contributed by atoms with E-state index in [4.69, 9.17) is 23.5 Å². The summed E-state index contributed by atoms with van der Waals surface area (Å²) in [5, 5.41) is 15.3. The summed E-state index contributed by atoms with van der Waals surface area (Å²) in [5.41, 5.74) is -3.15. The molecule has 1 amide bonds. The fraction of sp³-hybridized carbons (Fsp3) is 0.655. The third-order valence-electron chi connectivity index (χ3n) is 7.80. The highest BCUT2D eigenvalue weighted by Crippen LogP contribution is 2.55. The van der Waals surface area contributed by atoms with E-state index in [1.807, 2.05) is 27.7 Å². The molecule has 1 aromatic carbocycles. The normalized spacial score (nSPS) is 21.6. The van der Waals surface area contributed by atoms with Crippen LogP contribution in [0.25, 0.3) is 0 Å². The van der Waals surface area contributed by atoms with Gasteiger partial charge in [0.25, 0.3) is 5.91 Å². The lowest BCUT2D eigenvalue weighted by Gasteiger charge is -2.51. The van der Waals surface area contributed by atoms with Crippen LogP contribution in [-0.2, 0) is 11.4 Å². The van der Waals surface area contributed by atoms with Crippen LogP contribution in [0.1, 0.15) is 77.3 Å². The number of aliphatic hydroxyl groups is 1. The van der Waals surface area contributed by atoms with Crippen LogP contribution in [-0.4, -0.2) is 60.5 Å². The summed E-state index contributed by atoms with van der Waals surface area (Å²) in [7, 11) is 4.49. The van der Waals surface area contributed by atoms with E-state index in [9.17, 15) is 9.90 Å². The Kier molecular flexibility index (Phi) is 8.01. The Hall–Kier alpha value is -3.08. The Morgan fingerprint density at radius 3 is 2.20 bits per heavy atom. The molecule has 2 heterocycles. The average Bonchev–Trinajstić information content (AvgIpc) is 3.53. The molecule has 9 nitrogen and oxygen atoms in total. The van der Waals surface area contributed by atoms with Crippen LogP contribution in [0.3, 0.4) is 0 Å². The summed E-state index contributed by atoms with van der Waals surface area (Å²) < 4.78 is 59.0. The van der Waals surface area contributed by atoms with Crippen molar-refractivity contribution >= 4 is 5.91 Å². The lowest BCUT2D eigenvalue weighted by atomic mass is 9.58. The van der Waals surface area contributed by atoms with E-state index in [1.54, 1.807) is 18.2 Å². The average molecular weight is 567 g/mol. The first-order valence-electron chi connectivity index (χ1n) is 13.4. The van der Waals surface area contributed by atoms with E-state index in [0.29, 0.717) is 53.7 Å². The molecule has 1 N–H and O–H groups in total. The molecule has 1 aliphatic heterocycles. The summed E-state index contributed by atoms with van der Waals surface area (Å²) in [6, 6.07) is 4.19. The molecule has 1 aliphatic carbocycles. The zero-order valence-electron chi connectivity index (χ0n) is 24.3. The van der Waals surface area contributed by atoms with Gasteiger partial charge in [0.2, 0.25) is 5.75 Å². The van der Waals surface area contributed by atoms with Gasteiger partial charge in [-0.25, -0.2) is 0 Å². The van der Waals surface area contributed by atoms with Gasteiger partial charge in [-0.15, -0.1) is 0 Å². The van der Waals surface area contributed by atoms with Crippen LogP contribution in [0.4, 0.5) is 8.78 Å². The van der Waals surface area contributed by atoms with Gasteiger partial charge < -0.3 is 33.5 Å². The standard InChI is InChI=1S/C29H40F2N2O7/c1-26(2)15-27(3,4)17-28(35,16-26)29(30,31)25(34)33-10-8-9-21(33)20-11-19(40-32-20)14-39-18-12-22(36-5)24(38-7)23(13-18)37-6/h11-13,21,35H,8-10,14-17H2,1-7H3/t21-/m0/s1. The zero-order valence-corrected chi connectivity index (χ0v) is 24.3. The molecule has 1 atom stereocenters. The van der Waals surface area contributed by atoms with E-state index < -0.39 is 34.3 Å². The molecular formula is C29H40F2N2O7. The molecule has 1 aromatic heterocycles. The second-order valence-corrected chi connectivity index (χ2v) is 12.5. The van der Waals surface area contributed by atoms with Crippen molar-refractivity contribution < 1.29 is 42.2 Å². The van der Waals surface area contributed by atoms with Crippen molar-refractivity contribution in [2.75, 3.05) is 27.9 Å². The second-order valence-electron chi connectivity index (χ2n) is 12.5. The first kappa shape index (κ1) is 29.9. The van der Waals surface area contributed by atoms with Gasteiger partial charge in [-0.2, -0.15) is 8.78 Å². The topological polar surface area (TPSA) is 103 Å². The van der Waals surface area contributed by atoms with Crippen molar-refractivity contribution in [1.82, 2.24) is 10.1 Å². The molecule has 0 radical (unpaired) electrons. The van der Waals surface area contributed by atoms with Gasteiger partial charge in [0.05, 0.1) is 27.4 Å². The lowest BCUT2D eigenvalue weighted by Crippen LogP contribution is -2.62. The number of methoxy groups -OCH3 is 3. The maximum Gasteiger partial charge on any atom is 0.352 e. The SMILES string of the molecule is COc1cc(OCc2cc([C@@H]3CCCN3C(=O)C(F)(F)C3(O)CC(C)(C)CC(C)(C)C3)no2)cc(OC)c1OC. The van der Waals surface area contributed by atoms with E-state index in [-0.39, 0.29) is 26.0 Å². The predicted molar refractivity (Wildman–Crippen MR) is 142 cm³/mol. The second kappa shape index (κ2) is 10.7. The third kappa shape index (κ3) is 5.70. The number of hydrogen-bond acceptors (Lipinski definition) is 8. The molecule has 2 aromatic rings. The van der Waals surface area contributed by atoms with Crippen molar-refractivity contribution in [3.05, 3.63) is 29.7 Å². The maximum absolute atomic E-state index is 15.9. The highest BCUT2D eigenvalue weighted by Gasteiger charge is 2.65. The van der Waals surface area contributed by atoms with Crippen molar-refractivity contribution in [3.63, 3.8) is 0 Å². The number of nitrogens with zero attached hydrogens (tertiary/aromatic N) is 2. The molecular weight excluding hydrogens is 526 g/mol. The number of carbonyl (C=O) groups is 1. The number of aromatic nitrogens is 1. The van der Waals surface area contributed by atoms with Crippen molar-refractivity contribution in [2.45, 2.75) is 84.0 Å². The predicted octanol–water partition coefficient (Wildman–Crippen LogP) is 5.55. The fourth-order valence-corrected chi connectivity index (χ4v) is 6.83. The summed E-state index contributed by atoms with van der Waals surface area (Å²) in [4.78, 5) is 14.5. The van der Waals surface area contributed by atoms with Gasteiger partial charge in [-0.1, -0.05) is 32.9 Å². The Bertz CT molecular complexity index is 1190. The van der Waals surface area contributed by atoms with Crippen molar-refractivity contribution in [2.24, 2.45) is 10.8 Å². The minimum absolute atomic E-state index is 0.00756. The first-order chi connectivity index (χ1) is 18.6. The number of hydrogen-bond donors (Lipinski definition) is 1. The Labute approximate surface area is 233 Å². The number of carbonyl (C=O) groups excluding carboxylic acids is 1. The fourth-order valence-electron chi connectivity index (χ4n) is 6.83. The largest absolute Gasteiger partial charge is 0.493 e. The van der Waals surface area contributed by atoms with Crippen LogP contribution in [0.2, 0.25) is 0 Å². The number of halogens is 2. The minimum atomic E-state index is -3.95. The lowest BCUT2D eigenvalue weighted by molar-refractivity contribution is -0.231. The number of amides is 1. The number of likely N-dealkylation sites (tertiary alicyclic amines) is 1. The summed E-state index contributed by atoms with van der Waals surface area (Å²) in [6.07, 6.45) is 1.35. The van der Waals surface area contributed by atoms with Gasteiger partial charge in [0.15, 0.2) is 17.3 Å². The van der Waals surface area contributed by atoms with Crippen LogP contribution in [0.5, 0.6) is 23.0 Å². The first-order valence-corrected chi connectivity index (χ1v) is 13.4. The molecule has 1 saturated heterocycles. The highest BCUT2D eigenvalue weighted by atomic mass is 19.3. The van der Waals surface area contributed by atoms with Gasteiger partial charge in [0, 0.05) is 24.7 Å². The van der Waals surface area contributed by atoms with Gasteiger partial charge in [-0.3, -0.25) is 4.79 Å². The molecule has 0 unspecified atom stereocenters. The molecule has 40 heavy (non-hydrogen) atoms. The van der Waals surface area contributed by atoms with Crippen LogP contribution < -0.4 is 18.9 Å². The quantitative estimate of drug-likeness (QED) is 0.422. The molecule has 2 fully saturated rings. The summed E-state index contributed by atoms with van der Waals surface area (Å²) in [5.74, 6) is -3.28. The monoisotopic (exact) mass is 566 g/mol. The number of rotatable bonds is 9. The molecule has 2 aliphatic rings. The van der Waals surface area contributed by atoms with Crippen LogP contribution >= 0.6 is 0 Å². The number of ether oxygens (including phenoxy) is 4. The maximum atomic E-state index is 15.9.